The number of nitrogens with zero attached hydrogens (tertiary/aromatic N) is 3. The zero-order chi connectivity index (χ0) is 19.5. The summed E-state index contributed by atoms with van der Waals surface area (Å²) in [4.78, 5) is 9.15. The molecular formula is C24H23N3O. The lowest BCUT2D eigenvalue weighted by atomic mass is 10.0. The number of methoxy groups -OCH3 is 1. The van der Waals surface area contributed by atoms with Crippen molar-refractivity contribution in [3.8, 4) is 11.4 Å². The highest BCUT2D eigenvalue weighted by Crippen LogP contribution is 2.21. The molecule has 140 valence electrons. The van der Waals surface area contributed by atoms with Crippen LogP contribution in [-0.4, -0.2) is 21.6 Å². The van der Waals surface area contributed by atoms with E-state index in [1.165, 1.54) is 11.1 Å². The van der Waals surface area contributed by atoms with Gasteiger partial charge in [-0.15, -0.1) is 0 Å². The molecule has 0 unspecified atom stereocenters. The van der Waals surface area contributed by atoms with Crippen molar-refractivity contribution in [1.29, 1.82) is 0 Å². The fraction of sp³-hybridized carbons (Fsp3) is 0.167. The zero-order valence-electron chi connectivity index (χ0n) is 16.3. The number of ether oxygens (including phenoxy) is 1. The number of imidazole rings is 1. The molecule has 4 aromatic rings. The third-order valence-corrected chi connectivity index (χ3v) is 4.83. The molecule has 0 saturated carbocycles. The predicted molar refractivity (Wildman–Crippen MR) is 115 cm³/mol. The maximum absolute atomic E-state index is 5.22. The maximum Gasteiger partial charge on any atom is 0.164 e. The number of rotatable bonds is 5. The Morgan fingerprint density at radius 1 is 0.893 bits per heavy atom. The van der Waals surface area contributed by atoms with Gasteiger partial charge in [-0.05, 0) is 52.9 Å². The lowest BCUT2D eigenvalue weighted by Crippen LogP contribution is -1.94. The fourth-order valence-corrected chi connectivity index (χ4v) is 3.12. The molecule has 0 aliphatic rings. The van der Waals surface area contributed by atoms with Crippen LogP contribution in [0.2, 0.25) is 0 Å². The standard InChI is InChI=1S/C24H23N3O/c1-17(2)20-8-6-18(7-9-20)4-5-19-14-23-24(25-15-19)27(16-26-23)21-10-12-22(28-3)13-11-21/h4-17H,1-3H3. The van der Waals surface area contributed by atoms with Gasteiger partial charge >= 0.3 is 0 Å². The Bertz CT molecular complexity index is 1110. The fourth-order valence-electron chi connectivity index (χ4n) is 3.12. The van der Waals surface area contributed by atoms with Crippen LogP contribution in [0.3, 0.4) is 0 Å². The highest BCUT2D eigenvalue weighted by Gasteiger charge is 2.07. The number of pyridine rings is 1. The molecule has 2 aromatic heterocycles. The van der Waals surface area contributed by atoms with E-state index in [0.717, 1.165) is 28.2 Å². The van der Waals surface area contributed by atoms with Crippen molar-refractivity contribution in [2.24, 2.45) is 0 Å². The molecule has 0 amide bonds. The van der Waals surface area contributed by atoms with Crippen LogP contribution in [-0.2, 0) is 0 Å². The Morgan fingerprint density at radius 2 is 1.61 bits per heavy atom. The van der Waals surface area contributed by atoms with Gasteiger partial charge in [0.15, 0.2) is 5.65 Å². The van der Waals surface area contributed by atoms with Crippen LogP contribution in [0.5, 0.6) is 5.75 Å². The van der Waals surface area contributed by atoms with E-state index in [2.05, 4.69) is 66.3 Å². The Kier molecular flexibility index (Phi) is 4.94. The molecule has 0 atom stereocenters. The minimum absolute atomic E-state index is 0.547. The third-order valence-electron chi connectivity index (χ3n) is 4.83. The Hall–Kier alpha value is -3.40. The van der Waals surface area contributed by atoms with E-state index in [1.54, 1.807) is 13.4 Å². The molecule has 0 saturated heterocycles. The Labute approximate surface area is 165 Å². The van der Waals surface area contributed by atoms with Crippen LogP contribution in [0.1, 0.15) is 36.5 Å². The first-order valence-corrected chi connectivity index (χ1v) is 9.39. The Morgan fingerprint density at radius 3 is 2.29 bits per heavy atom. The highest BCUT2D eigenvalue weighted by atomic mass is 16.5. The first-order valence-electron chi connectivity index (χ1n) is 9.39. The molecule has 0 aliphatic carbocycles. The van der Waals surface area contributed by atoms with Crippen LogP contribution in [0.15, 0.2) is 67.1 Å². The molecule has 0 aliphatic heterocycles. The van der Waals surface area contributed by atoms with Gasteiger partial charge in [-0.25, -0.2) is 9.97 Å². The summed E-state index contributed by atoms with van der Waals surface area (Å²) in [6.45, 7) is 4.41. The molecule has 4 heteroatoms. The molecule has 0 N–H and O–H groups in total. The van der Waals surface area contributed by atoms with Crippen molar-refractivity contribution in [2.75, 3.05) is 7.11 Å². The van der Waals surface area contributed by atoms with E-state index in [-0.39, 0.29) is 0 Å². The monoisotopic (exact) mass is 369 g/mol. The average molecular weight is 369 g/mol. The van der Waals surface area contributed by atoms with Crippen molar-refractivity contribution in [3.05, 3.63) is 83.8 Å². The van der Waals surface area contributed by atoms with Gasteiger partial charge in [0.2, 0.25) is 0 Å². The molecular weight excluding hydrogens is 346 g/mol. The molecule has 4 rings (SSSR count). The molecule has 2 aromatic carbocycles. The number of aromatic nitrogens is 3. The van der Waals surface area contributed by atoms with E-state index in [9.17, 15) is 0 Å². The van der Waals surface area contributed by atoms with E-state index in [0.29, 0.717) is 5.92 Å². The summed E-state index contributed by atoms with van der Waals surface area (Å²) in [6.07, 6.45) is 7.86. The number of hydrogen-bond acceptors (Lipinski definition) is 3. The van der Waals surface area contributed by atoms with Crippen LogP contribution < -0.4 is 4.74 Å². The minimum Gasteiger partial charge on any atom is -0.497 e. The first kappa shape index (κ1) is 18.0. The van der Waals surface area contributed by atoms with Crippen molar-refractivity contribution < 1.29 is 4.74 Å². The van der Waals surface area contributed by atoms with Crippen molar-refractivity contribution in [3.63, 3.8) is 0 Å². The summed E-state index contributed by atoms with van der Waals surface area (Å²) in [5.41, 5.74) is 6.26. The number of hydrogen-bond donors (Lipinski definition) is 0. The summed E-state index contributed by atoms with van der Waals surface area (Å²) >= 11 is 0. The van der Waals surface area contributed by atoms with Crippen LogP contribution >= 0.6 is 0 Å². The van der Waals surface area contributed by atoms with Crippen LogP contribution in [0.25, 0.3) is 29.0 Å². The van der Waals surface area contributed by atoms with Gasteiger partial charge in [0.1, 0.15) is 17.6 Å². The molecule has 2 heterocycles. The van der Waals surface area contributed by atoms with Crippen LogP contribution in [0, 0.1) is 0 Å². The SMILES string of the molecule is COc1ccc(-n2cnc3cc(C=Cc4ccc(C(C)C)cc4)cnc32)cc1. The first-order chi connectivity index (χ1) is 13.6. The Balaban J connectivity index is 1.58. The summed E-state index contributed by atoms with van der Waals surface area (Å²) < 4.78 is 7.20. The van der Waals surface area contributed by atoms with Gasteiger partial charge in [0.25, 0.3) is 0 Å². The van der Waals surface area contributed by atoms with E-state index >= 15 is 0 Å². The number of fused-ring (bicyclic) bond motifs is 1. The van der Waals surface area contributed by atoms with Gasteiger partial charge < -0.3 is 4.74 Å². The highest BCUT2D eigenvalue weighted by molar-refractivity contribution is 5.78. The topological polar surface area (TPSA) is 39.9 Å². The minimum atomic E-state index is 0.547. The average Bonchev–Trinajstić information content (AvgIpc) is 3.16. The molecule has 0 bridgehead atoms. The van der Waals surface area contributed by atoms with E-state index < -0.39 is 0 Å². The molecule has 4 nitrogen and oxygen atoms in total. The summed E-state index contributed by atoms with van der Waals surface area (Å²) in [6, 6.07) is 18.6. The van der Waals surface area contributed by atoms with Gasteiger partial charge in [0.05, 0.1) is 7.11 Å². The summed E-state index contributed by atoms with van der Waals surface area (Å²) in [5, 5.41) is 0. The lowest BCUT2D eigenvalue weighted by molar-refractivity contribution is 0.415. The second-order valence-electron chi connectivity index (χ2n) is 7.08. The molecule has 0 spiro atoms. The van der Waals surface area contributed by atoms with Crippen molar-refractivity contribution in [1.82, 2.24) is 14.5 Å². The predicted octanol–water partition coefficient (Wildman–Crippen LogP) is 5.72. The zero-order valence-corrected chi connectivity index (χ0v) is 16.3. The second kappa shape index (κ2) is 7.69. The number of benzene rings is 2. The maximum atomic E-state index is 5.22. The van der Waals surface area contributed by atoms with Crippen molar-refractivity contribution in [2.45, 2.75) is 19.8 Å². The largest absolute Gasteiger partial charge is 0.497 e. The molecule has 28 heavy (non-hydrogen) atoms. The van der Waals surface area contributed by atoms with Gasteiger partial charge in [-0.2, -0.15) is 0 Å². The molecule has 0 radical (unpaired) electrons. The second-order valence-corrected chi connectivity index (χ2v) is 7.08. The van der Waals surface area contributed by atoms with Gasteiger partial charge in [-0.1, -0.05) is 50.3 Å². The lowest BCUT2D eigenvalue weighted by Gasteiger charge is -2.05. The quantitative estimate of drug-likeness (QED) is 0.451. The van der Waals surface area contributed by atoms with Crippen molar-refractivity contribution >= 4 is 23.3 Å². The van der Waals surface area contributed by atoms with E-state index in [4.69, 9.17) is 4.74 Å². The third kappa shape index (κ3) is 3.67. The normalized spacial score (nSPS) is 11.6. The van der Waals surface area contributed by atoms with Crippen LogP contribution in [0.4, 0.5) is 0 Å². The van der Waals surface area contributed by atoms with Gasteiger partial charge in [-0.3, -0.25) is 4.57 Å². The van der Waals surface area contributed by atoms with Gasteiger partial charge in [0, 0.05) is 11.9 Å². The summed E-state index contributed by atoms with van der Waals surface area (Å²) in [7, 11) is 1.66. The smallest absolute Gasteiger partial charge is 0.164 e. The summed E-state index contributed by atoms with van der Waals surface area (Å²) in [5.74, 6) is 1.38. The van der Waals surface area contributed by atoms with E-state index in [1.807, 2.05) is 35.0 Å². The molecule has 0 fully saturated rings.